The Morgan fingerprint density at radius 2 is 0.931 bits per heavy atom. The van der Waals surface area contributed by atoms with Gasteiger partial charge in [-0.3, -0.25) is 4.57 Å². The molecule has 0 N–H and O–H groups in total. The number of hydrogen-bond acceptors (Lipinski definition) is 5. The molecule has 0 amide bonds. The van der Waals surface area contributed by atoms with Gasteiger partial charge in [0.25, 0.3) is 0 Å². The van der Waals surface area contributed by atoms with Gasteiger partial charge in [0, 0.05) is 37.9 Å². The zero-order valence-corrected chi connectivity index (χ0v) is 30.9. The van der Waals surface area contributed by atoms with Gasteiger partial charge in [0.15, 0.2) is 11.6 Å². The minimum atomic E-state index is -0.933. The summed E-state index contributed by atoms with van der Waals surface area (Å²) in [4.78, 5) is 16.6. The van der Waals surface area contributed by atoms with Crippen molar-refractivity contribution in [1.82, 2.24) is 19.5 Å². The van der Waals surface area contributed by atoms with E-state index in [9.17, 15) is 0 Å². The second kappa shape index (κ2) is 11.6. The molecule has 0 saturated carbocycles. The molecule has 8 aromatic carbocycles. The number of nitrogens with zero attached hydrogens (tertiary/aromatic N) is 4. The molecule has 0 bridgehead atoms. The third-order valence-corrected chi connectivity index (χ3v) is 12.1. The number of benzene rings is 8. The highest BCUT2D eigenvalue weighted by Gasteiger charge is 2.49. The van der Waals surface area contributed by atoms with Gasteiger partial charge in [0.1, 0.15) is 27.7 Å². The Kier molecular flexibility index (Phi) is 6.28. The highest BCUT2D eigenvalue weighted by Crippen LogP contribution is 2.56. The van der Waals surface area contributed by atoms with Gasteiger partial charge in [-0.2, -0.15) is 9.97 Å². The third kappa shape index (κ3) is 4.18. The number of aromatic nitrogens is 4. The molecule has 1 aliphatic carbocycles. The first-order valence-electron chi connectivity index (χ1n) is 19.5. The molecule has 0 radical (unpaired) electrons. The first-order valence-corrected chi connectivity index (χ1v) is 19.5. The molecule has 6 nitrogen and oxygen atoms in total. The van der Waals surface area contributed by atoms with E-state index in [-0.39, 0.29) is 0 Å². The van der Waals surface area contributed by atoms with Crippen LogP contribution in [0.4, 0.5) is 0 Å². The minimum absolute atomic E-state index is 0.542. The van der Waals surface area contributed by atoms with Crippen molar-refractivity contribution in [1.29, 1.82) is 0 Å². The fraction of sp³-hybridized carbons (Fsp3) is 0.0192. The van der Waals surface area contributed by atoms with Crippen LogP contribution in [0.5, 0.6) is 0 Å². The lowest BCUT2D eigenvalue weighted by Crippen LogP contribution is -2.32. The number of para-hydroxylation sites is 4. The molecule has 0 aliphatic heterocycles. The first kappa shape index (κ1) is 31.4. The summed E-state index contributed by atoms with van der Waals surface area (Å²) < 4.78 is 15.0. The van der Waals surface area contributed by atoms with Crippen LogP contribution in [0.1, 0.15) is 22.5 Å². The van der Waals surface area contributed by atoms with Crippen LogP contribution < -0.4 is 0 Å². The molecular weight excluding hydrogens is 713 g/mol. The monoisotopic (exact) mass is 742 g/mol. The van der Waals surface area contributed by atoms with Crippen molar-refractivity contribution in [2.24, 2.45) is 0 Å². The summed E-state index contributed by atoms with van der Waals surface area (Å²) in [6, 6.07) is 63.5. The van der Waals surface area contributed by atoms with E-state index < -0.39 is 5.41 Å². The predicted molar refractivity (Wildman–Crippen MR) is 231 cm³/mol. The Bertz CT molecular complexity index is 3570. The van der Waals surface area contributed by atoms with Crippen LogP contribution >= 0.6 is 0 Å². The zero-order chi connectivity index (χ0) is 38.0. The maximum absolute atomic E-state index is 6.58. The van der Waals surface area contributed by atoms with Gasteiger partial charge in [-0.05, 0) is 76.3 Å². The summed E-state index contributed by atoms with van der Waals surface area (Å²) in [7, 11) is 0. The maximum Gasteiger partial charge on any atom is 0.238 e. The maximum atomic E-state index is 6.58. The summed E-state index contributed by atoms with van der Waals surface area (Å²) in [6.45, 7) is 0. The Morgan fingerprint density at radius 3 is 1.62 bits per heavy atom. The lowest BCUT2D eigenvalue weighted by Gasteiger charge is -2.32. The van der Waals surface area contributed by atoms with Crippen molar-refractivity contribution in [3.8, 4) is 28.5 Å². The molecule has 0 spiro atoms. The fourth-order valence-corrected chi connectivity index (χ4v) is 9.64. The molecule has 1 aliphatic rings. The highest BCUT2D eigenvalue weighted by atomic mass is 16.3. The Labute approximate surface area is 331 Å². The molecule has 4 aromatic heterocycles. The summed E-state index contributed by atoms with van der Waals surface area (Å²) in [5.41, 5.74) is 10.8. The average Bonchev–Trinajstić information content (AvgIpc) is 4.03. The van der Waals surface area contributed by atoms with E-state index in [0.717, 1.165) is 99.1 Å². The molecule has 4 heterocycles. The second-order valence-electron chi connectivity index (χ2n) is 15.1. The predicted octanol–water partition coefficient (Wildman–Crippen LogP) is 12.8. The number of fused-ring (bicyclic) bond motifs is 12. The van der Waals surface area contributed by atoms with Crippen LogP contribution in [0.3, 0.4) is 0 Å². The first-order chi connectivity index (χ1) is 28.7. The summed E-state index contributed by atoms with van der Waals surface area (Å²) in [6.07, 6.45) is 0. The van der Waals surface area contributed by atoms with E-state index in [1.54, 1.807) is 0 Å². The van der Waals surface area contributed by atoms with E-state index in [4.69, 9.17) is 23.8 Å². The van der Waals surface area contributed by atoms with Gasteiger partial charge in [0.2, 0.25) is 5.95 Å². The number of furan rings is 2. The lowest BCUT2D eigenvalue weighted by atomic mass is 9.71. The van der Waals surface area contributed by atoms with Crippen LogP contribution in [0.2, 0.25) is 0 Å². The highest BCUT2D eigenvalue weighted by molar-refractivity contribution is 6.09. The topological polar surface area (TPSA) is 69.9 Å². The molecule has 0 fully saturated rings. The van der Waals surface area contributed by atoms with Crippen LogP contribution in [0, 0.1) is 0 Å². The van der Waals surface area contributed by atoms with Gasteiger partial charge < -0.3 is 8.83 Å². The fourth-order valence-electron chi connectivity index (χ4n) is 9.64. The average molecular weight is 743 g/mol. The molecule has 6 heteroatoms. The summed E-state index contributed by atoms with van der Waals surface area (Å²) >= 11 is 0. The van der Waals surface area contributed by atoms with Crippen LogP contribution in [0.15, 0.2) is 191 Å². The van der Waals surface area contributed by atoms with Crippen molar-refractivity contribution < 1.29 is 8.83 Å². The Hall–Kier alpha value is -7.83. The summed E-state index contributed by atoms with van der Waals surface area (Å²) in [5.74, 6) is 1.74. The standard InChI is InChI=1S/C52H30N4O2/c1-7-19-41-33(13-1)34-14-2-8-20-42(34)52(41,32-26-27-39-37-17-5-11-23-45(37)58-48(39)30-32)50-53-49(31-25-28-47-40(29-31)38-18-6-12-24-46(38)57-47)54-51(55-50)56-43-21-9-3-15-35(43)36-16-4-10-22-44(36)56/h1-30H. The minimum Gasteiger partial charge on any atom is -0.456 e. The van der Waals surface area contributed by atoms with E-state index in [1.807, 2.05) is 36.4 Å². The van der Waals surface area contributed by atoms with Crippen molar-refractivity contribution >= 4 is 65.7 Å². The van der Waals surface area contributed by atoms with Gasteiger partial charge in [0.05, 0.1) is 11.0 Å². The van der Waals surface area contributed by atoms with E-state index in [1.165, 1.54) is 0 Å². The van der Waals surface area contributed by atoms with Gasteiger partial charge in [-0.25, -0.2) is 4.98 Å². The molecule has 0 unspecified atom stereocenters. The Morgan fingerprint density at radius 1 is 0.397 bits per heavy atom. The van der Waals surface area contributed by atoms with Crippen LogP contribution in [-0.4, -0.2) is 19.5 Å². The summed E-state index contributed by atoms with van der Waals surface area (Å²) in [5, 5.41) is 6.48. The normalized spacial score (nSPS) is 13.3. The van der Waals surface area contributed by atoms with E-state index in [0.29, 0.717) is 17.6 Å². The van der Waals surface area contributed by atoms with E-state index in [2.05, 4.69) is 150 Å². The van der Waals surface area contributed by atoms with Crippen molar-refractivity contribution in [3.63, 3.8) is 0 Å². The van der Waals surface area contributed by atoms with Crippen molar-refractivity contribution in [3.05, 3.63) is 205 Å². The SMILES string of the molecule is c1ccc2c(c1)-c1ccccc1C2(c1ccc2c(c1)oc1ccccc12)c1nc(-c2ccc3oc4ccccc4c3c2)nc(-n2c3ccccc3c3ccccc32)n1. The molecule has 0 atom stereocenters. The van der Waals surface area contributed by atoms with Crippen molar-refractivity contribution in [2.75, 3.05) is 0 Å². The van der Waals surface area contributed by atoms with E-state index >= 15 is 0 Å². The number of hydrogen-bond donors (Lipinski definition) is 0. The third-order valence-electron chi connectivity index (χ3n) is 12.1. The van der Waals surface area contributed by atoms with Gasteiger partial charge >= 0.3 is 0 Å². The lowest BCUT2D eigenvalue weighted by molar-refractivity contribution is 0.659. The molecular formula is C52H30N4O2. The molecule has 13 rings (SSSR count). The smallest absolute Gasteiger partial charge is 0.238 e. The quantitative estimate of drug-likeness (QED) is 0.180. The molecule has 58 heavy (non-hydrogen) atoms. The largest absolute Gasteiger partial charge is 0.456 e. The molecule has 0 saturated heterocycles. The number of rotatable bonds is 4. The second-order valence-corrected chi connectivity index (χ2v) is 15.1. The van der Waals surface area contributed by atoms with Gasteiger partial charge in [-0.1, -0.05) is 133 Å². The van der Waals surface area contributed by atoms with Gasteiger partial charge in [-0.15, -0.1) is 0 Å². The Balaban J connectivity index is 1.18. The zero-order valence-electron chi connectivity index (χ0n) is 30.9. The van der Waals surface area contributed by atoms with Crippen LogP contribution in [-0.2, 0) is 5.41 Å². The molecule has 12 aromatic rings. The molecule has 270 valence electrons. The van der Waals surface area contributed by atoms with Crippen LogP contribution in [0.25, 0.3) is 94.1 Å². The van der Waals surface area contributed by atoms with Crippen molar-refractivity contribution in [2.45, 2.75) is 5.41 Å².